The lowest BCUT2D eigenvalue weighted by molar-refractivity contribution is -0.156. The summed E-state index contributed by atoms with van der Waals surface area (Å²) in [5, 5.41) is 9.50. The van der Waals surface area contributed by atoms with Crippen LogP contribution in [0.25, 0.3) is 0 Å². The van der Waals surface area contributed by atoms with Crippen LogP contribution < -0.4 is 0 Å². The van der Waals surface area contributed by atoms with Gasteiger partial charge in [-0.3, -0.25) is 9.69 Å². The highest BCUT2D eigenvalue weighted by Crippen LogP contribution is 2.35. The van der Waals surface area contributed by atoms with E-state index in [9.17, 15) is 9.90 Å². The van der Waals surface area contributed by atoms with Gasteiger partial charge in [0.1, 0.15) is 5.54 Å². The third-order valence-electron chi connectivity index (χ3n) is 3.59. The minimum atomic E-state index is -0.627. The fourth-order valence-electron chi connectivity index (χ4n) is 2.92. The molecule has 1 N–H and O–H groups in total. The van der Waals surface area contributed by atoms with Crippen molar-refractivity contribution in [3.8, 4) is 0 Å². The molecule has 1 saturated carbocycles. The van der Waals surface area contributed by atoms with E-state index in [0.717, 1.165) is 32.2 Å². The van der Waals surface area contributed by atoms with E-state index in [0.29, 0.717) is 6.04 Å². The van der Waals surface area contributed by atoms with E-state index in [1.165, 1.54) is 6.42 Å². The second-order valence-corrected chi connectivity index (χ2v) is 4.78. The number of rotatable bonds is 4. The van der Waals surface area contributed by atoms with Gasteiger partial charge in [-0.2, -0.15) is 0 Å². The van der Waals surface area contributed by atoms with Crippen LogP contribution in [0.1, 0.15) is 52.9 Å². The number of hydrogen-bond acceptors (Lipinski definition) is 2. The number of nitrogens with zero attached hydrogens (tertiary/aromatic N) is 1. The standard InChI is InChI=1S/C12H23NO2/c1-4-13(10(2)3)12(11(14)15)8-6-5-7-9-12/h10H,4-9H2,1-3H3,(H,14,15). The van der Waals surface area contributed by atoms with Gasteiger partial charge in [0.15, 0.2) is 0 Å². The van der Waals surface area contributed by atoms with Gasteiger partial charge in [-0.15, -0.1) is 0 Å². The molecule has 0 radical (unpaired) electrons. The molecule has 0 bridgehead atoms. The number of carboxylic acid groups (broad SMARTS) is 1. The Morgan fingerprint density at radius 2 is 1.87 bits per heavy atom. The van der Waals surface area contributed by atoms with E-state index < -0.39 is 11.5 Å². The Hall–Kier alpha value is -0.570. The first-order valence-electron chi connectivity index (χ1n) is 6.04. The summed E-state index contributed by atoms with van der Waals surface area (Å²) in [4.78, 5) is 13.7. The molecule has 0 heterocycles. The van der Waals surface area contributed by atoms with Gasteiger partial charge in [-0.1, -0.05) is 26.2 Å². The van der Waals surface area contributed by atoms with Crippen molar-refractivity contribution in [2.75, 3.05) is 6.54 Å². The lowest BCUT2D eigenvalue weighted by Gasteiger charge is -2.45. The average Bonchev–Trinajstić information content (AvgIpc) is 2.19. The highest BCUT2D eigenvalue weighted by atomic mass is 16.4. The van der Waals surface area contributed by atoms with Crippen LogP contribution in [0.3, 0.4) is 0 Å². The van der Waals surface area contributed by atoms with Crippen molar-refractivity contribution in [2.45, 2.75) is 64.5 Å². The molecule has 0 aromatic carbocycles. The van der Waals surface area contributed by atoms with Gasteiger partial charge in [0, 0.05) is 6.04 Å². The quantitative estimate of drug-likeness (QED) is 0.780. The Bertz CT molecular complexity index is 220. The first-order valence-corrected chi connectivity index (χ1v) is 6.04. The molecule has 1 aliphatic carbocycles. The van der Waals surface area contributed by atoms with Crippen molar-refractivity contribution < 1.29 is 9.90 Å². The highest BCUT2D eigenvalue weighted by Gasteiger charge is 2.45. The SMILES string of the molecule is CCN(C(C)C)C1(C(=O)O)CCCCC1. The summed E-state index contributed by atoms with van der Waals surface area (Å²) >= 11 is 0. The molecule has 1 fully saturated rings. The Balaban J connectivity index is 2.92. The fourth-order valence-corrected chi connectivity index (χ4v) is 2.92. The number of aliphatic carboxylic acids is 1. The van der Waals surface area contributed by atoms with E-state index in [1.54, 1.807) is 0 Å². The maximum Gasteiger partial charge on any atom is 0.324 e. The van der Waals surface area contributed by atoms with Gasteiger partial charge in [0.25, 0.3) is 0 Å². The molecule has 0 aliphatic heterocycles. The Morgan fingerprint density at radius 1 is 1.33 bits per heavy atom. The second kappa shape index (κ2) is 4.97. The van der Waals surface area contributed by atoms with Gasteiger partial charge in [0.05, 0.1) is 0 Å². The first kappa shape index (κ1) is 12.5. The third-order valence-corrected chi connectivity index (χ3v) is 3.59. The summed E-state index contributed by atoms with van der Waals surface area (Å²) in [6, 6.07) is 0.309. The lowest BCUT2D eigenvalue weighted by atomic mass is 9.79. The van der Waals surface area contributed by atoms with Crippen LogP contribution in [0.2, 0.25) is 0 Å². The second-order valence-electron chi connectivity index (χ2n) is 4.78. The molecule has 88 valence electrons. The number of carboxylic acids is 1. The zero-order chi connectivity index (χ0) is 11.5. The van der Waals surface area contributed by atoms with Crippen LogP contribution in [0.5, 0.6) is 0 Å². The smallest absolute Gasteiger partial charge is 0.324 e. The molecule has 0 spiro atoms. The Kier molecular flexibility index (Phi) is 4.14. The average molecular weight is 213 g/mol. The van der Waals surface area contributed by atoms with E-state index in [2.05, 4.69) is 25.7 Å². The van der Waals surface area contributed by atoms with Gasteiger partial charge in [-0.05, 0) is 33.2 Å². The summed E-state index contributed by atoms with van der Waals surface area (Å²) in [5.74, 6) is -0.627. The van der Waals surface area contributed by atoms with Gasteiger partial charge in [0.2, 0.25) is 0 Å². The molecule has 15 heavy (non-hydrogen) atoms. The number of likely N-dealkylation sites (N-methyl/N-ethyl adjacent to an activating group) is 1. The van der Waals surface area contributed by atoms with Crippen LogP contribution in [0, 0.1) is 0 Å². The van der Waals surface area contributed by atoms with Crippen molar-refractivity contribution in [2.24, 2.45) is 0 Å². The zero-order valence-electron chi connectivity index (χ0n) is 10.1. The van der Waals surface area contributed by atoms with Crippen LogP contribution in [0.4, 0.5) is 0 Å². The van der Waals surface area contributed by atoms with Crippen molar-refractivity contribution in [1.29, 1.82) is 0 Å². The summed E-state index contributed by atoms with van der Waals surface area (Å²) in [7, 11) is 0. The summed E-state index contributed by atoms with van der Waals surface area (Å²) < 4.78 is 0. The predicted octanol–water partition coefficient (Wildman–Crippen LogP) is 2.50. The first-order chi connectivity index (χ1) is 7.04. The van der Waals surface area contributed by atoms with E-state index in [4.69, 9.17) is 0 Å². The minimum absolute atomic E-state index is 0.309. The minimum Gasteiger partial charge on any atom is -0.480 e. The van der Waals surface area contributed by atoms with Crippen LogP contribution >= 0.6 is 0 Å². The summed E-state index contributed by atoms with van der Waals surface area (Å²) in [6.07, 6.45) is 4.92. The van der Waals surface area contributed by atoms with E-state index in [1.807, 2.05) is 0 Å². The highest BCUT2D eigenvalue weighted by molar-refractivity contribution is 5.79. The summed E-state index contributed by atoms with van der Waals surface area (Å²) in [5.41, 5.74) is -0.582. The molecule has 1 rings (SSSR count). The number of carbonyl (C=O) groups is 1. The van der Waals surface area contributed by atoms with Gasteiger partial charge in [-0.25, -0.2) is 0 Å². The molecule has 0 aromatic rings. The molecule has 0 amide bonds. The maximum absolute atomic E-state index is 11.5. The monoisotopic (exact) mass is 213 g/mol. The van der Waals surface area contributed by atoms with Crippen LogP contribution in [0.15, 0.2) is 0 Å². The maximum atomic E-state index is 11.5. The van der Waals surface area contributed by atoms with Crippen LogP contribution in [-0.2, 0) is 4.79 Å². The predicted molar refractivity (Wildman–Crippen MR) is 61.0 cm³/mol. The van der Waals surface area contributed by atoms with Crippen molar-refractivity contribution in [3.05, 3.63) is 0 Å². The molecule has 0 saturated heterocycles. The zero-order valence-corrected chi connectivity index (χ0v) is 10.1. The Labute approximate surface area is 92.5 Å². The molecule has 0 unspecified atom stereocenters. The molecule has 3 heteroatoms. The lowest BCUT2D eigenvalue weighted by Crippen LogP contribution is -2.58. The topological polar surface area (TPSA) is 40.5 Å². The molecular formula is C12H23NO2. The van der Waals surface area contributed by atoms with Crippen molar-refractivity contribution in [1.82, 2.24) is 4.90 Å². The molecule has 3 nitrogen and oxygen atoms in total. The largest absolute Gasteiger partial charge is 0.480 e. The van der Waals surface area contributed by atoms with Gasteiger partial charge < -0.3 is 5.11 Å². The Morgan fingerprint density at radius 3 is 2.20 bits per heavy atom. The van der Waals surface area contributed by atoms with Crippen LogP contribution in [-0.4, -0.2) is 34.1 Å². The normalized spacial score (nSPS) is 20.9. The van der Waals surface area contributed by atoms with E-state index >= 15 is 0 Å². The summed E-state index contributed by atoms with van der Waals surface area (Å²) in [6.45, 7) is 7.05. The fraction of sp³-hybridized carbons (Fsp3) is 0.917. The van der Waals surface area contributed by atoms with E-state index in [-0.39, 0.29) is 0 Å². The molecule has 1 aliphatic rings. The molecule has 0 atom stereocenters. The van der Waals surface area contributed by atoms with Crippen molar-refractivity contribution >= 4 is 5.97 Å². The number of hydrogen-bond donors (Lipinski definition) is 1. The molecular weight excluding hydrogens is 190 g/mol. The van der Waals surface area contributed by atoms with Crippen molar-refractivity contribution in [3.63, 3.8) is 0 Å². The third kappa shape index (κ3) is 2.33. The molecule has 0 aromatic heterocycles. The van der Waals surface area contributed by atoms with Gasteiger partial charge >= 0.3 is 5.97 Å².